The Morgan fingerprint density at radius 1 is 1.47 bits per heavy atom. The van der Waals surface area contributed by atoms with Gasteiger partial charge in [-0.15, -0.1) is 0 Å². The molecule has 2 fully saturated rings. The van der Waals surface area contributed by atoms with Gasteiger partial charge in [0.2, 0.25) is 0 Å². The van der Waals surface area contributed by atoms with Crippen LogP contribution in [0.15, 0.2) is 6.20 Å². The Hall–Kier alpha value is -1.56. The first kappa shape index (κ1) is 12.5. The largest absolute Gasteiger partial charge is 0.396 e. The molecule has 0 radical (unpaired) electrons. The third kappa shape index (κ3) is 1.90. The van der Waals surface area contributed by atoms with Gasteiger partial charge in [0.15, 0.2) is 0 Å². The molecule has 2 bridgehead atoms. The van der Waals surface area contributed by atoms with Crippen LogP contribution in [0.3, 0.4) is 0 Å². The monoisotopic (exact) mass is 264 g/mol. The van der Waals surface area contributed by atoms with E-state index in [4.69, 9.17) is 5.73 Å². The second-order valence-electron chi connectivity index (χ2n) is 5.49. The lowest BCUT2D eigenvalue weighted by molar-refractivity contribution is 0.0279. The number of aliphatic hydroxyl groups is 1. The summed E-state index contributed by atoms with van der Waals surface area (Å²) in [5.74, 6) is -0.0312. The van der Waals surface area contributed by atoms with E-state index in [-0.39, 0.29) is 24.1 Å². The van der Waals surface area contributed by atoms with Crippen molar-refractivity contribution in [2.75, 3.05) is 5.73 Å². The quantitative estimate of drug-likeness (QED) is 0.820. The van der Waals surface area contributed by atoms with Crippen LogP contribution in [0.5, 0.6) is 0 Å². The first-order valence-corrected chi connectivity index (χ1v) is 6.93. The molecule has 104 valence electrons. The summed E-state index contributed by atoms with van der Waals surface area (Å²) < 4.78 is 1.65. The van der Waals surface area contributed by atoms with E-state index < -0.39 is 0 Å². The van der Waals surface area contributed by atoms with Crippen molar-refractivity contribution in [1.82, 2.24) is 14.7 Å². The number of nitrogen functional groups attached to an aromatic ring is 1. The molecule has 6 heteroatoms. The highest BCUT2D eigenvalue weighted by molar-refractivity contribution is 5.98. The van der Waals surface area contributed by atoms with Crippen molar-refractivity contribution >= 4 is 11.6 Å². The number of fused-ring (bicyclic) bond motifs is 2. The van der Waals surface area contributed by atoms with Crippen LogP contribution in [-0.2, 0) is 6.54 Å². The van der Waals surface area contributed by atoms with Crippen LogP contribution in [0, 0.1) is 0 Å². The number of carbonyl (C=O) groups is 1. The van der Waals surface area contributed by atoms with Crippen molar-refractivity contribution in [1.29, 1.82) is 0 Å². The Labute approximate surface area is 112 Å². The van der Waals surface area contributed by atoms with Crippen molar-refractivity contribution in [3.63, 3.8) is 0 Å². The van der Waals surface area contributed by atoms with E-state index in [2.05, 4.69) is 5.10 Å². The summed E-state index contributed by atoms with van der Waals surface area (Å²) in [5, 5.41) is 13.9. The number of aryl methyl sites for hydroxylation is 1. The molecule has 3 rings (SSSR count). The SMILES string of the molecule is CCn1ncc(N)c1C(=O)N1C2CCC1CC(O)C2. The molecule has 0 aromatic carbocycles. The molecule has 1 amide bonds. The third-order valence-corrected chi connectivity index (χ3v) is 4.31. The minimum absolute atomic E-state index is 0.0312. The van der Waals surface area contributed by atoms with Crippen LogP contribution in [0.25, 0.3) is 0 Å². The predicted octanol–water partition coefficient (Wildman–Crippen LogP) is 0.613. The summed E-state index contributed by atoms with van der Waals surface area (Å²) in [7, 11) is 0. The summed E-state index contributed by atoms with van der Waals surface area (Å²) in [6.45, 7) is 2.57. The van der Waals surface area contributed by atoms with Crippen LogP contribution in [0.4, 0.5) is 5.69 Å². The van der Waals surface area contributed by atoms with Gasteiger partial charge in [0.1, 0.15) is 5.69 Å². The molecule has 0 saturated carbocycles. The van der Waals surface area contributed by atoms with Crippen molar-refractivity contribution in [2.24, 2.45) is 0 Å². The minimum atomic E-state index is -0.269. The highest BCUT2D eigenvalue weighted by atomic mass is 16.3. The number of carbonyl (C=O) groups excluding carboxylic acids is 1. The first-order chi connectivity index (χ1) is 9.11. The number of amides is 1. The van der Waals surface area contributed by atoms with E-state index >= 15 is 0 Å². The van der Waals surface area contributed by atoms with E-state index in [0.717, 1.165) is 12.8 Å². The summed E-state index contributed by atoms with van der Waals surface area (Å²) in [6, 6.07) is 0.307. The van der Waals surface area contributed by atoms with Gasteiger partial charge in [0.05, 0.1) is 18.0 Å². The maximum absolute atomic E-state index is 12.7. The van der Waals surface area contributed by atoms with Gasteiger partial charge in [-0.2, -0.15) is 5.10 Å². The zero-order valence-electron chi connectivity index (χ0n) is 11.1. The van der Waals surface area contributed by atoms with E-state index in [1.54, 1.807) is 4.68 Å². The Balaban J connectivity index is 1.90. The average Bonchev–Trinajstić information content (AvgIpc) is 2.87. The van der Waals surface area contributed by atoms with Crippen LogP contribution < -0.4 is 5.73 Å². The smallest absolute Gasteiger partial charge is 0.274 e. The van der Waals surface area contributed by atoms with Crippen molar-refractivity contribution in [3.05, 3.63) is 11.9 Å². The lowest BCUT2D eigenvalue weighted by atomic mass is 9.99. The Kier molecular flexibility index (Phi) is 2.97. The summed E-state index contributed by atoms with van der Waals surface area (Å²) in [4.78, 5) is 14.7. The van der Waals surface area contributed by atoms with Crippen LogP contribution >= 0.6 is 0 Å². The molecule has 2 atom stereocenters. The second-order valence-corrected chi connectivity index (χ2v) is 5.49. The van der Waals surface area contributed by atoms with Gasteiger partial charge in [-0.25, -0.2) is 0 Å². The number of aromatic nitrogens is 2. The van der Waals surface area contributed by atoms with Crippen molar-refractivity contribution in [3.8, 4) is 0 Å². The highest BCUT2D eigenvalue weighted by Gasteiger charge is 2.44. The molecule has 1 aromatic heterocycles. The van der Waals surface area contributed by atoms with Gasteiger partial charge >= 0.3 is 0 Å². The molecule has 2 unspecified atom stereocenters. The Morgan fingerprint density at radius 3 is 2.68 bits per heavy atom. The van der Waals surface area contributed by atoms with E-state index in [9.17, 15) is 9.90 Å². The fourth-order valence-corrected chi connectivity index (χ4v) is 3.48. The Bertz CT molecular complexity index is 485. The maximum Gasteiger partial charge on any atom is 0.274 e. The van der Waals surface area contributed by atoms with Gasteiger partial charge in [-0.3, -0.25) is 9.48 Å². The van der Waals surface area contributed by atoms with Gasteiger partial charge in [0.25, 0.3) is 5.91 Å². The fraction of sp³-hybridized carbons (Fsp3) is 0.692. The zero-order chi connectivity index (χ0) is 13.6. The zero-order valence-corrected chi connectivity index (χ0v) is 11.1. The van der Waals surface area contributed by atoms with Crippen LogP contribution in [0.1, 0.15) is 43.1 Å². The molecule has 6 nitrogen and oxygen atoms in total. The molecule has 2 saturated heterocycles. The lowest BCUT2D eigenvalue weighted by Gasteiger charge is -2.37. The van der Waals surface area contributed by atoms with Crippen molar-refractivity contribution < 1.29 is 9.90 Å². The first-order valence-electron chi connectivity index (χ1n) is 6.93. The van der Waals surface area contributed by atoms with Gasteiger partial charge in [-0.1, -0.05) is 0 Å². The average molecular weight is 264 g/mol. The number of hydrogen-bond acceptors (Lipinski definition) is 4. The molecule has 2 aliphatic heterocycles. The van der Waals surface area contributed by atoms with Gasteiger partial charge < -0.3 is 15.7 Å². The van der Waals surface area contributed by atoms with Gasteiger partial charge in [0, 0.05) is 18.6 Å². The van der Waals surface area contributed by atoms with E-state index in [0.29, 0.717) is 30.8 Å². The minimum Gasteiger partial charge on any atom is -0.396 e. The Morgan fingerprint density at radius 2 is 2.11 bits per heavy atom. The number of aliphatic hydroxyl groups excluding tert-OH is 1. The number of anilines is 1. The summed E-state index contributed by atoms with van der Waals surface area (Å²) in [6.07, 6.45) is 4.60. The molecule has 0 spiro atoms. The normalized spacial score (nSPS) is 29.8. The molecule has 1 aromatic rings. The summed E-state index contributed by atoms with van der Waals surface area (Å²) in [5.41, 5.74) is 6.82. The number of rotatable bonds is 2. The molecular formula is C13H20N4O2. The fourth-order valence-electron chi connectivity index (χ4n) is 3.48. The predicted molar refractivity (Wildman–Crippen MR) is 70.5 cm³/mol. The molecule has 2 aliphatic rings. The van der Waals surface area contributed by atoms with Crippen LogP contribution in [0.2, 0.25) is 0 Å². The van der Waals surface area contributed by atoms with E-state index in [1.807, 2.05) is 11.8 Å². The number of piperidine rings is 1. The molecule has 0 aliphatic carbocycles. The van der Waals surface area contributed by atoms with Crippen LogP contribution in [-0.4, -0.2) is 43.9 Å². The number of nitrogens with zero attached hydrogens (tertiary/aromatic N) is 3. The molecule has 3 N–H and O–H groups in total. The second kappa shape index (κ2) is 4.52. The standard InChI is InChI=1S/C13H20N4O2/c1-2-16-12(11(14)7-15-16)13(19)17-8-3-4-9(17)6-10(18)5-8/h7-10,18H,2-6,14H2,1H3. The van der Waals surface area contributed by atoms with E-state index in [1.165, 1.54) is 6.20 Å². The maximum atomic E-state index is 12.7. The third-order valence-electron chi connectivity index (χ3n) is 4.31. The number of hydrogen-bond donors (Lipinski definition) is 2. The number of nitrogens with two attached hydrogens (primary N) is 1. The van der Waals surface area contributed by atoms with Gasteiger partial charge in [-0.05, 0) is 32.6 Å². The molecule has 3 heterocycles. The molecular weight excluding hydrogens is 244 g/mol. The lowest BCUT2D eigenvalue weighted by Crippen LogP contribution is -2.48. The van der Waals surface area contributed by atoms with Crippen molar-refractivity contribution in [2.45, 2.75) is 57.3 Å². The summed E-state index contributed by atoms with van der Waals surface area (Å²) >= 11 is 0. The molecule has 19 heavy (non-hydrogen) atoms. The topological polar surface area (TPSA) is 84.4 Å². The highest BCUT2D eigenvalue weighted by Crippen LogP contribution is 2.37.